The number of hydrogen-bond acceptors (Lipinski definition) is 8. The third kappa shape index (κ3) is 5.91. The summed E-state index contributed by atoms with van der Waals surface area (Å²) in [4.78, 5) is 32.2. The maximum Gasteiger partial charge on any atom is 0.338 e. The van der Waals surface area contributed by atoms with Gasteiger partial charge in [-0.25, -0.2) is 9.79 Å². The number of ether oxygens (including phenoxy) is 4. The van der Waals surface area contributed by atoms with Gasteiger partial charge in [0.1, 0.15) is 19.0 Å². The molecule has 4 aromatic rings. The van der Waals surface area contributed by atoms with Gasteiger partial charge in [-0.15, -0.1) is 0 Å². The number of benzene rings is 3. The molecular weight excluding hydrogens is 552 g/mol. The van der Waals surface area contributed by atoms with Crippen LogP contribution in [0.15, 0.2) is 107 Å². The van der Waals surface area contributed by atoms with Crippen molar-refractivity contribution in [1.82, 2.24) is 4.57 Å². The van der Waals surface area contributed by atoms with E-state index in [4.69, 9.17) is 18.9 Å². The predicted molar refractivity (Wildman–Crippen MR) is 162 cm³/mol. The minimum absolute atomic E-state index is 0.0439. The van der Waals surface area contributed by atoms with Gasteiger partial charge in [-0.2, -0.15) is 0 Å². The summed E-state index contributed by atoms with van der Waals surface area (Å²) in [5.74, 6) is 1.25. The summed E-state index contributed by atoms with van der Waals surface area (Å²) in [7, 11) is 3.16. The highest BCUT2D eigenvalue weighted by atomic mass is 32.1. The largest absolute Gasteiger partial charge is 0.497 e. The molecule has 1 atom stereocenters. The van der Waals surface area contributed by atoms with Crippen LogP contribution in [0.2, 0.25) is 0 Å². The van der Waals surface area contributed by atoms with E-state index < -0.39 is 12.0 Å². The zero-order valence-corrected chi connectivity index (χ0v) is 24.4. The zero-order valence-electron chi connectivity index (χ0n) is 23.5. The standard InChI is InChI=1S/C33H30N2O6S/c1-5-17-40-32(37)29-21(2)34-33-35(30(29)24-12-14-25(38-3)15-13-24)31(36)28(42-33)19-23-11-16-26(27(18-23)39-4)41-20-22-9-7-6-8-10-22/h5-16,18-19,30H,1,17,20H2,2-4H3. The molecule has 214 valence electrons. The van der Waals surface area contributed by atoms with Crippen LogP contribution in [-0.2, 0) is 16.1 Å². The van der Waals surface area contributed by atoms with Crippen molar-refractivity contribution in [3.05, 3.63) is 133 Å². The lowest BCUT2D eigenvalue weighted by Gasteiger charge is -2.24. The second-order valence-corrected chi connectivity index (χ2v) is 10.4. The summed E-state index contributed by atoms with van der Waals surface area (Å²) in [6, 6.07) is 21.9. The number of hydrogen-bond donors (Lipinski definition) is 0. The molecule has 42 heavy (non-hydrogen) atoms. The van der Waals surface area contributed by atoms with E-state index in [1.54, 1.807) is 43.9 Å². The molecule has 8 nitrogen and oxygen atoms in total. The van der Waals surface area contributed by atoms with Crippen LogP contribution in [0.3, 0.4) is 0 Å². The first-order chi connectivity index (χ1) is 20.4. The Balaban J connectivity index is 1.55. The Labute approximate surface area is 247 Å². The fourth-order valence-electron chi connectivity index (χ4n) is 4.68. The highest BCUT2D eigenvalue weighted by Crippen LogP contribution is 2.32. The number of aromatic nitrogens is 1. The summed E-state index contributed by atoms with van der Waals surface area (Å²) >= 11 is 1.25. The van der Waals surface area contributed by atoms with Crippen LogP contribution >= 0.6 is 11.3 Å². The Hall–Kier alpha value is -4.89. The van der Waals surface area contributed by atoms with E-state index in [1.807, 2.05) is 60.7 Å². The molecule has 5 rings (SSSR count). The first-order valence-corrected chi connectivity index (χ1v) is 14.0. The molecule has 0 amide bonds. The van der Waals surface area contributed by atoms with Gasteiger partial charge in [0.15, 0.2) is 16.3 Å². The lowest BCUT2D eigenvalue weighted by atomic mass is 9.96. The quantitative estimate of drug-likeness (QED) is 0.201. The van der Waals surface area contributed by atoms with Crippen LogP contribution in [0.1, 0.15) is 29.7 Å². The van der Waals surface area contributed by atoms with Crippen LogP contribution in [0.4, 0.5) is 0 Å². The molecule has 0 radical (unpaired) electrons. The first-order valence-electron chi connectivity index (χ1n) is 13.2. The Morgan fingerprint density at radius 2 is 1.79 bits per heavy atom. The van der Waals surface area contributed by atoms with Crippen molar-refractivity contribution in [2.45, 2.75) is 19.6 Å². The zero-order chi connectivity index (χ0) is 29.6. The second kappa shape index (κ2) is 12.7. The molecule has 0 N–H and O–H groups in total. The number of carbonyl (C=O) groups excluding carboxylic acids is 1. The smallest absolute Gasteiger partial charge is 0.338 e. The number of nitrogens with zero attached hydrogens (tertiary/aromatic N) is 2. The summed E-state index contributed by atoms with van der Waals surface area (Å²) in [5, 5.41) is 0. The third-order valence-corrected chi connectivity index (χ3v) is 7.71. The SMILES string of the molecule is C=CCOC(=O)C1=C(C)N=c2sc(=Cc3ccc(OCc4ccccc4)c(OC)c3)c(=O)n2C1c1ccc(OC)cc1. The van der Waals surface area contributed by atoms with Gasteiger partial charge in [-0.1, -0.05) is 72.5 Å². The van der Waals surface area contributed by atoms with E-state index >= 15 is 0 Å². The summed E-state index contributed by atoms with van der Waals surface area (Å²) in [5.41, 5.74) is 3.03. The van der Waals surface area contributed by atoms with Gasteiger partial charge in [0, 0.05) is 0 Å². The normalized spacial score (nSPS) is 14.5. The number of allylic oxidation sites excluding steroid dienone is 1. The Morgan fingerprint density at radius 3 is 2.48 bits per heavy atom. The number of methoxy groups -OCH3 is 2. The lowest BCUT2D eigenvalue weighted by molar-refractivity contribution is -0.138. The predicted octanol–water partition coefficient (Wildman–Crippen LogP) is 4.56. The molecule has 0 saturated heterocycles. The van der Waals surface area contributed by atoms with Crippen molar-refractivity contribution < 1.29 is 23.7 Å². The first kappa shape index (κ1) is 28.6. The van der Waals surface area contributed by atoms with Crippen LogP contribution in [0, 0.1) is 0 Å². The number of carbonyl (C=O) groups is 1. The van der Waals surface area contributed by atoms with Gasteiger partial charge in [0.05, 0.1) is 36.1 Å². The maximum atomic E-state index is 13.9. The fourth-order valence-corrected chi connectivity index (χ4v) is 5.72. The molecule has 0 aliphatic carbocycles. The van der Waals surface area contributed by atoms with Gasteiger partial charge < -0.3 is 18.9 Å². The van der Waals surface area contributed by atoms with Crippen LogP contribution in [0.5, 0.6) is 17.2 Å². The number of fused-ring (bicyclic) bond motifs is 1. The molecule has 1 unspecified atom stereocenters. The Bertz CT molecular complexity index is 1820. The highest BCUT2D eigenvalue weighted by Gasteiger charge is 2.33. The van der Waals surface area contributed by atoms with E-state index in [9.17, 15) is 9.59 Å². The van der Waals surface area contributed by atoms with Gasteiger partial charge in [0.25, 0.3) is 5.56 Å². The number of rotatable bonds is 10. The molecule has 0 bridgehead atoms. The van der Waals surface area contributed by atoms with Crippen molar-refractivity contribution in [2.24, 2.45) is 4.99 Å². The number of thiazole rings is 1. The summed E-state index contributed by atoms with van der Waals surface area (Å²) < 4.78 is 24.3. The van der Waals surface area contributed by atoms with E-state index in [-0.39, 0.29) is 12.2 Å². The molecule has 1 aliphatic heterocycles. The topological polar surface area (TPSA) is 88.4 Å². The molecule has 1 aromatic heterocycles. The van der Waals surface area contributed by atoms with Crippen molar-refractivity contribution in [1.29, 1.82) is 0 Å². The van der Waals surface area contributed by atoms with Gasteiger partial charge in [-0.3, -0.25) is 9.36 Å². The molecule has 1 aliphatic rings. The van der Waals surface area contributed by atoms with Gasteiger partial charge in [0.2, 0.25) is 0 Å². The minimum Gasteiger partial charge on any atom is -0.497 e. The molecule has 0 fully saturated rings. The monoisotopic (exact) mass is 582 g/mol. The summed E-state index contributed by atoms with van der Waals surface area (Å²) in [6.45, 7) is 5.81. The van der Waals surface area contributed by atoms with E-state index in [0.29, 0.717) is 44.5 Å². The second-order valence-electron chi connectivity index (χ2n) is 9.43. The van der Waals surface area contributed by atoms with Crippen LogP contribution in [0.25, 0.3) is 6.08 Å². The average Bonchev–Trinajstić information content (AvgIpc) is 3.32. The van der Waals surface area contributed by atoms with E-state index in [1.165, 1.54) is 17.4 Å². The Morgan fingerprint density at radius 1 is 1.02 bits per heavy atom. The molecule has 0 spiro atoms. The van der Waals surface area contributed by atoms with Gasteiger partial charge in [-0.05, 0) is 54.0 Å². The highest BCUT2D eigenvalue weighted by molar-refractivity contribution is 7.07. The van der Waals surface area contributed by atoms with Crippen molar-refractivity contribution in [3.63, 3.8) is 0 Å². The summed E-state index contributed by atoms with van der Waals surface area (Å²) in [6.07, 6.45) is 3.28. The van der Waals surface area contributed by atoms with E-state index in [2.05, 4.69) is 11.6 Å². The minimum atomic E-state index is -0.727. The van der Waals surface area contributed by atoms with Crippen molar-refractivity contribution in [3.8, 4) is 17.2 Å². The van der Waals surface area contributed by atoms with Gasteiger partial charge >= 0.3 is 5.97 Å². The molecule has 0 saturated carbocycles. The Kier molecular flexibility index (Phi) is 8.68. The lowest BCUT2D eigenvalue weighted by Crippen LogP contribution is -2.39. The molecule has 2 heterocycles. The molecular formula is C33H30N2O6S. The number of esters is 1. The van der Waals surface area contributed by atoms with Crippen LogP contribution < -0.4 is 29.1 Å². The molecule has 9 heteroatoms. The van der Waals surface area contributed by atoms with E-state index in [0.717, 1.165) is 16.7 Å². The maximum absolute atomic E-state index is 13.9. The van der Waals surface area contributed by atoms with Crippen molar-refractivity contribution >= 4 is 23.4 Å². The van der Waals surface area contributed by atoms with Crippen LogP contribution in [-0.4, -0.2) is 31.4 Å². The third-order valence-electron chi connectivity index (χ3n) is 6.73. The average molecular weight is 583 g/mol. The molecule has 3 aromatic carbocycles. The fraction of sp³-hybridized carbons (Fsp3) is 0.182. The van der Waals surface area contributed by atoms with Crippen molar-refractivity contribution in [2.75, 3.05) is 20.8 Å².